The van der Waals surface area contributed by atoms with Gasteiger partial charge in [0.15, 0.2) is 5.13 Å². The first-order valence-electron chi connectivity index (χ1n) is 11.1. The molecule has 0 aliphatic carbocycles. The molecule has 7 nitrogen and oxygen atoms in total. The Morgan fingerprint density at radius 3 is 2.66 bits per heavy atom. The number of amides is 1. The van der Waals surface area contributed by atoms with Gasteiger partial charge >= 0.3 is 0 Å². The normalized spacial score (nSPS) is 16.7. The van der Waals surface area contributed by atoms with Crippen molar-refractivity contribution in [2.45, 2.75) is 43.5 Å². The second-order valence-electron chi connectivity index (χ2n) is 8.54. The molecule has 35 heavy (non-hydrogen) atoms. The number of fused-ring (bicyclic) bond motifs is 1. The minimum absolute atomic E-state index is 0.147. The van der Waals surface area contributed by atoms with Crippen molar-refractivity contribution in [2.75, 3.05) is 11.4 Å². The number of nitrogens with zero attached hydrogens (tertiary/aromatic N) is 4. The van der Waals surface area contributed by atoms with Gasteiger partial charge in [-0.05, 0) is 73.7 Å². The van der Waals surface area contributed by atoms with Crippen molar-refractivity contribution in [1.29, 1.82) is 0 Å². The summed E-state index contributed by atoms with van der Waals surface area (Å²) in [5, 5.41) is 0.555. The monoisotopic (exact) mass is 546 g/mol. The van der Waals surface area contributed by atoms with E-state index in [-0.39, 0.29) is 23.2 Å². The van der Waals surface area contributed by atoms with Crippen molar-refractivity contribution >= 4 is 65.6 Å². The molecule has 1 unspecified atom stereocenters. The summed E-state index contributed by atoms with van der Waals surface area (Å²) in [6.07, 6.45) is 4.41. The van der Waals surface area contributed by atoms with Gasteiger partial charge in [-0.2, -0.15) is 4.31 Å². The third kappa shape index (κ3) is 4.73. The van der Waals surface area contributed by atoms with Crippen molar-refractivity contribution in [3.05, 3.63) is 69.8 Å². The van der Waals surface area contributed by atoms with Crippen molar-refractivity contribution in [3.8, 4) is 0 Å². The van der Waals surface area contributed by atoms with Crippen LogP contribution in [-0.4, -0.2) is 41.2 Å². The van der Waals surface area contributed by atoms with Gasteiger partial charge in [-0.3, -0.25) is 14.7 Å². The van der Waals surface area contributed by atoms with Gasteiger partial charge in [0.1, 0.15) is 10.3 Å². The Hall–Kier alpha value is -2.37. The summed E-state index contributed by atoms with van der Waals surface area (Å²) < 4.78 is 29.6. The van der Waals surface area contributed by atoms with Crippen LogP contribution in [0.2, 0.25) is 4.34 Å². The van der Waals surface area contributed by atoms with Gasteiger partial charge in [-0.15, -0.1) is 11.3 Å². The van der Waals surface area contributed by atoms with Gasteiger partial charge in [0.05, 0.1) is 21.1 Å². The highest BCUT2D eigenvalue weighted by atomic mass is 35.5. The van der Waals surface area contributed by atoms with Crippen LogP contribution < -0.4 is 4.90 Å². The number of thiophene rings is 1. The molecule has 11 heteroatoms. The molecule has 4 aromatic rings. The Bertz CT molecular complexity index is 1500. The Labute approximate surface area is 217 Å². The molecule has 1 saturated heterocycles. The van der Waals surface area contributed by atoms with E-state index in [1.165, 1.54) is 21.7 Å². The highest BCUT2D eigenvalue weighted by Gasteiger charge is 2.42. The first-order valence-corrected chi connectivity index (χ1v) is 14.5. The fraction of sp³-hybridized carbons (Fsp3) is 0.292. The fourth-order valence-electron chi connectivity index (χ4n) is 4.39. The number of anilines is 1. The maximum atomic E-state index is 14.0. The number of pyridine rings is 1. The van der Waals surface area contributed by atoms with E-state index in [1.807, 2.05) is 26.0 Å². The number of aryl methyl sites for hydroxylation is 2. The highest BCUT2D eigenvalue weighted by Crippen LogP contribution is 2.36. The Kier molecular flexibility index (Phi) is 6.67. The summed E-state index contributed by atoms with van der Waals surface area (Å²) in [7, 11) is -3.84. The largest absolute Gasteiger partial charge is 0.282 e. The smallest absolute Gasteiger partial charge is 0.253 e. The second kappa shape index (κ2) is 9.59. The van der Waals surface area contributed by atoms with Crippen LogP contribution in [0.1, 0.15) is 29.5 Å². The number of benzene rings is 1. The van der Waals surface area contributed by atoms with Crippen molar-refractivity contribution in [3.63, 3.8) is 0 Å². The summed E-state index contributed by atoms with van der Waals surface area (Å²) in [6.45, 7) is 4.60. The average Bonchev–Trinajstić information content (AvgIpc) is 3.57. The van der Waals surface area contributed by atoms with Gasteiger partial charge in [0.2, 0.25) is 5.91 Å². The van der Waals surface area contributed by atoms with Gasteiger partial charge < -0.3 is 0 Å². The summed E-state index contributed by atoms with van der Waals surface area (Å²) in [5.74, 6) is -0.279. The first-order chi connectivity index (χ1) is 16.7. The number of sulfonamides is 1. The zero-order valence-electron chi connectivity index (χ0n) is 19.1. The molecule has 182 valence electrons. The molecular weight excluding hydrogens is 524 g/mol. The molecule has 1 atom stereocenters. The lowest BCUT2D eigenvalue weighted by Gasteiger charge is -2.28. The summed E-state index contributed by atoms with van der Waals surface area (Å²) in [5.41, 5.74) is 3.91. The lowest BCUT2D eigenvalue weighted by atomic mass is 10.1. The molecule has 0 saturated carbocycles. The standard InChI is InChI=1S/C24H23ClN4O3S3/c1-15-12-16(2)22-19(13-15)33-24(27-22)28(14-17-7-9-26-10-8-17)23(30)18-4-3-11-29(18)35(31,32)21-6-5-20(25)34-21/h5-10,12-13,18H,3-4,11,14H2,1-2H3. The Balaban J connectivity index is 1.54. The van der Waals surface area contributed by atoms with Crippen LogP contribution >= 0.6 is 34.3 Å². The second-order valence-corrected chi connectivity index (χ2v) is 13.4. The molecule has 0 spiro atoms. The van der Waals surface area contributed by atoms with Crippen LogP contribution in [0.4, 0.5) is 5.13 Å². The molecule has 1 aliphatic heterocycles. The quantitative estimate of drug-likeness (QED) is 0.323. The Morgan fingerprint density at radius 1 is 1.17 bits per heavy atom. The van der Waals surface area contributed by atoms with Crippen LogP contribution in [0.15, 0.2) is 53.0 Å². The lowest BCUT2D eigenvalue weighted by molar-refractivity contribution is -0.121. The molecule has 5 rings (SSSR count). The number of thiazole rings is 1. The number of aromatic nitrogens is 2. The van der Waals surface area contributed by atoms with Gasteiger partial charge in [-0.25, -0.2) is 13.4 Å². The molecule has 1 aliphatic rings. The maximum Gasteiger partial charge on any atom is 0.253 e. The van der Waals surface area contributed by atoms with Gasteiger partial charge in [-0.1, -0.05) is 29.0 Å². The number of rotatable bonds is 6. The topological polar surface area (TPSA) is 83.5 Å². The summed E-state index contributed by atoms with van der Waals surface area (Å²) >= 11 is 8.45. The fourth-order valence-corrected chi connectivity index (χ4v) is 8.80. The van der Waals surface area contributed by atoms with E-state index in [0.29, 0.717) is 22.3 Å². The van der Waals surface area contributed by atoms with Crippen molar-refractivity contribution in [1.82, 2.24) is 14.3 Å². The third-order valence-corrected chi connectivity index (χ3v) is 10.6. The van der Waals surface area contributed by atoms with Crippen molar-refractivity contribution < 1.29 is 13.2 Å². The third-order valence-electron chi connectivity index (χ3n) is 6.01. The van der Waals surface area contributed by atoms with E-state index >= 15 is 0 Å². The molecule has 0 bridgehead atoms. The van der Waals surface area contributed by atoms with E-state index < -0.39 is 16.1 Å². The molecule has 4 heterocycles. The van der Waals surface area contributed by atoms with Gasteiger partial charge in [0.25, 0.3) is 10.0 Å². The molecule has 1 fully saturated rings. The average molecular weight is 547 g/mol. The van der Waals surface area contributed by atoms with E-state index in [9.17, 15) is 13.2 Å². The molecular formula is C24H23ClN4O3S3. The number of hydrogen-bond donors (Lipinski definition) is 0. The number of carbonyl (C=O) groups excluding carboxylic acids is 1. The SMILES string of the molecule is Cc1cc(C)c2nc(N(Cc3ccncc3)C(=O)C3CCCN3S(=O)(=O)c3ccc(Cl)s3)sc2c1. The minimum Gasteiger partial charge on any atom is -0.282 e. The molecule has 1 aromatic carbocycles. The van der Waals surface area contributed by atoms with E-state index in [0.717, 1.165) is 38.2 Å². The molecule has 3 aromatic heterocycles. The van der Waals surface area contributed by atoms with Crippen molar-refractivity contribution in [2.24, 2.45) is 0 Å². The molecule has 1 amide bonds. The van der Waals surface area contributed by atoms with Crippen LogP contribution in [-0.2, 0) is 21.4 Å². The van der Waals surface area contributed by atoms with E-state index in [1.54, 1.807) is 23.4 Å². The van der Waals surface area contributed by atoms with E-state index in [4.69, 9.17) is 16.6 Å². The van der Waals surface area contributed by atoms with Gasteiger partial charge in [0, 0.05) is 18.9 Å². The predicted molar refractivity (Wildman–Crippen MR) is 141 cm³/mol. The van der Waals surface area contributed by atoms with Crippen LogP contribution in [0.25, 0.3) is 10.2 Å². The highest BCUT2D eigenvalue weighted by molar-refractivity contribution is 7.91. The van der Waals surface area contributed by atoms with Crippen LogP contribution in [0, 0.1) is 13.8 Å². The number of carbonyl (C=O) groups is 1. The lowest BCUT2D eigenvalue weighted by Crippen LogP contribution is -2.47. The number of hydrogen-bond acceptors (Lipinski definition) is 7. The first kappa shape index (κ1) is 24.3. The summed E-state index contributed by atoms with van der Waals surface area (Å²) in [4.78, 5) is 24.5. The number of halogens is 1. The predicted octanol–water partition coefficient (Wildman–Crippen LogP) is 5.41. The van der Waals surface area contributed by atoms with Crippen LogP contribution in [0.3, 0.4) is 0 Å². The van der Waals surface area contributed by atoms with E-state index in [2.05, 4.69) is 17.1 Å². The Morgan fingerprint density at radius 2 is 1.94 bits per heavy atom. The molecule has 0 radical (unpaired) electrons. The molecule has 0 N–H and O–H groups in total. The van der Waals surface area contributed by atoms with Crippen LogP contribution in [0.5, 0.6) is 0 Å². The summed E-state index contributed by atoms with van der Waals surface area (Å²) in [6, 6.07) is 10.1. The maximum absolute atomic E-state index is 14.0. The minimum atomic E-state index is -3.84. The zero-order chi connectivity index (χ0) is 24.7. The zero-order valence-corrected chi connectivity index (χ0v) is 22.3.